The molecular formula is C18H25N3O4S. The van der Waals surface area contributed by atoms with Gasteiger partial charge in [0.2, 0.25) is 5.91 Å². The minimum absolute atomic E-state index is 0.128. The molecule has 7 nitrogen and oxygen atoms in total. The molecule has 2 fully saturated rings. The van der Waals surface area contributed by atoms with Crippen LogP contribution in [0.4, 0.5) is 0 Å². The van der Waals surface area contributed by atoms with Crippen molar-refractivity contribution < 1.29 is 19.1 Å². The molecular weight excluding hydrogens is 354 g/mol. The van der Waals surface area contributed by atoms with Crippen molar-refractivity contribution in [3.05, 3.63) is 23.8 Å². The number of thioether (sulfide) groups is 1. The number of carbonyl (C=O) groups is 2. The van der Waals surface area contributed by atoms with Crippen LogP contribution in [-0.4, -0.2) is 68.2 Å². The SMILES string of the molecule is COc1ccc(C(=O)NC[C@@H]2CN[C@H](C(=O)N3CCSC3)C2)cc1OC. The van der Waals surface area contributed by atoms with Crippen LogP contribution in [0.25, 0.3) is 0 Å². The minimum atomic E-state index is -0.156. The zero-order valence-corrected chi connectivity index (χ0v) is 15.9. The summed E-state index contributed by atoms with van der Waals surface area (Å²) in [5, 5.41) is 6.25. The largest absolute Gasteiger partial charge is 0.493 e. The van der Waals surface area contributed by atoms with Gasteiger partial charge in [-0.15, -0.1) is 11.8 Å². The minimum Gasteiger partial charge on any atom is -0.493 e. The maximum Gasteiger partial charge on any atom is 0.251 e. The van der Waals surface area contributed by atoms with Gasteiger partial charge in [-0.1, -0.05) is 0 Å². The Kier molecular flexibility index (Phi) is 6.26. The first-order valence-corrected chi connectivity index (χ1v) is 9.88. The van der Waals surface area contributed by atoms with E-state index in [1.165, 1.54) is 0 Å². The highest BCUT2D eigenvalue weighted by Crippen LogP contribution is 2.27. The van der Waals surface area contributed by atoms with Crippen LogP contribution in [0.15, 0.2) is 18.2 Å². The lowest BCUT2D eigenvalue weighted by atomic mass is 10.0. The Balaban J connectivity index is 1.50. The van der Waals surface area contributed by atoms with Crippen LogP contribution in [-0.2, 0) is 4.79 Å². The molecule has 2 atom stereocenters. The van der Waals surface area contributed by atoms with Crippen molar-refractivity contribution in [1.29, 1.82) is 0 Å². The molecule has 1 aromatic carbocycles. The van der Waals surface area contributed by atoms with Crippen LogP contribution < -0.4 is 20.1 Å². The predicted octanol–water partition coefficient (Wildman–Crippen LogP) is 0.945. The van der Waals surface area contributed by atoms with E-state index >= 15 is 0 Å². The average Bonchev–Trinajstić information content (AvgIpc) is 3.36. The number of hydrogen-bond donors (Lipinski definition) is 2. The quantitative estimate of drug-likeness (QED) is 0.766. The maximum atomic E-state index is 12.4. The molecule has 2 N–H and O–H groups in total. The van der Waals surface area contributed by atoms with E-state index in [9.17, 15) is 9.59 Å². The molecule has 2 aliphatic heterocycles. The Labute approximate surface area is 157 Å². The molecule has 0 saturated carbocycles. The fourth-order valence-corrected chi connectivity index (χ4v) is 4.23. The van der Waals surface area contributed by atoms with Crippen LogP contribution in [0.3, 0.4) is 0 Å². The van der Waals surface area contributed by atoms with E-state index in [1.807, 2.05) is 4.90 Å². The molecule has 2 heterocycles. The van der Waals surface area contributed by atoms with Crippen molar-refractivity contribution in [3.8, 4) is 11.5 Å². The summed E-state index contributed by atoms with van der Waals surface area (Å²) in [6.07, 6.45) is 0.756. The third-order valence-electron chi connectivity index (χ3n) is 4.78. The number of nitrogens with one attached hydrogen (secondary N) is 2. The molecule has 2 aliphatic rings. The molecule has 1 aromatic rings. The van der Waals surface area contributed by atoms with Gasteiger partial charge in [0.05, 0.1) is 26.1 Å². The molecule has 8 heteroatoms. The number of ether oxygens (including phenoxy) is 2. The van der Waals surface area contributed by atoms with E-state index in [2.05, 4.69) is 10.6 Å². The normalized spacial score (nSPS) is 22.3. The van der Waals surface area contributed by atoms with Gasteiger partial charge in [0.15, 0.2) is 11.5 Å². The van der Waals surface area contributed by atoms with E-state index in [0.717, 1.165) is 31.1 Å². The third kappa shape index (κ3) is 4.24. The Morgan fingerprint density at radius 1 is 1.31 bits per heavy atom. The van der Waals surface area contributed by atoms with Gasteiger partial charge in [0.1, 0.15) is 0 Å². The highest BCUT2D eigenvalue weighted by Gasteiger charge is 2.33. The van der Waals surface area contributed by atoms with Crippen LogP contribution >= 0.6 is 11.8 Å². The smallest absolute Gasteiger partial charge is 0.251 e. The summed E-state index contributed by atoms with van der Waals surface area (Å²) in [6.45, 7) is 2.12. The summed E-state index contributed by atoms with van der Waals surface area (Å²) in [5.74, 6) is 3.20. The van der Waals surface area contributed by atoms with Gasteiger partial charge in [-0.3, -0.25) is 9.59 Å². The number of nitrogens with zero attached hydrogens (tertiary/aromatic N) is 1. The van der Waals surface area contributed by atoms with E-state index in [4.69, 9.17) is 9.47 Å². The second-order valence-electron chi connectivity index (χ2n) is 6.48. The monoisotopic (exact) mass is 379 g/mol. The van der Waals surface area contributed by atoms with Crippen molar-refractivity contribution in [2.24, 2.45) is 5.92 Å². The number of rotatable bonds is 6. The molecule has 0 aliphatic carbocycles. The lowest BCUT2D eigenvalue weighted by Gasteiger charge is -2.19. The highest BCUT2D eigenvalue weighted by molar-refractivity contribution is 7.99. The third-order valence-corrected chi connectivity index (χ3v) is 5.75. The number of amides is 2. The van der Waals surface area contributed by atoms with Gasteiger partial charge in [-0.2, -0.15) is 0 Å². The Hall–Kier alpha value is -1.93. The molecule has 0 unspecified atom stereocenters. The number of benzene rings is 1. The zero-order valence-electron chi connectivity index (χ0n) is 15.1. The van der Waals surface area contributed by atoms with E-state index < -0.39 is 0 Å². The van der Waals surface area contributed by atoms with Crippen molar-refractivity contribution in [1.82, 2.24) is 15.5 Å². The van der Waals surface area contributed by atoms with E-state index in [1.54, 1.807) is 44.2 Å². The summed E-state index contributed by atoms with van der Waals surface area (Å²) in [4.78, 5) is 26.7. The van der Waals surface area contributed by atoms with Crippen LogP contribution in [0.5, 0.6) is 11.5 Å². The van der Waals surface area contributed by atoms with Gasteiger partial charge in [-0.05, 0) is 30.5 Å². The van der Waals surface area contributed by atoms with Crippen molar-refractivity contribution in [2.75, 3.05) is 45.5 Å². The second kappa shape index (κ2) is 8.64. The van der Waals surface area contributed by atoms with Gasteiger partial charge >= 0.3 is 0 Å². The first kappa shape index (κ1) is 18.8. The van der Waals surface area contributed by atoms with Crippen molar-refractivity contribution in [3.63, 3.8) is 0 Å². The number of methoxy groups -OCH3 is 2. The molecule has 3 rings (SSSR count). The van der Waals surface area contributed by atoms with Crippen LogP contribution in [0, 0.1) is 5.92 Å². The van der Waals surface area contributed by atoms with Crippen LogP contribution in [0.1, 0.15) is 16.8 Å². The van der Waals surface area contributed by atoms with Crippen LogP contribution in [0.2, 0.25) is 0 Å². The number of carbonyl (C=O) groups excluding carboxylic acids is 2. The molecule has 2 amide bonds. The topological polar surface area (TPSA) is 79.9 Å². The molecule has 142 valence electrons. The molecule has 26 heavy (non-hydrogen) atoms. The molecule has 0 spiro atoms. The maximum absolute atomic E-state index is 12.4. The summed E-state index contributed by atoms with van der Waals surface area (Å²) in [5.41, 5.74) is 0.523. The summed E-state index contributed by atoms with van der Waals surface area (Å²) in [6, 6.07) is 4.96. The Bertz CT molecular complexity index is 664. The fraction of sp³-hybridized carbons (Fsp3) is 0.556. The molecule has 0 radical (unpaired) electrons. The van der Waals surface area contributed by atoms with Crippen molar-refractivity contribution in [2.45, 2.75) is 12.5 Å². The average molecular weight is 379 g/mol. The van der Waals surface area contributed by atoms with E-state index in [0.29, 0.717) is 23.6 Å². The Morgan fingerprint density at radius 3 is 2.81 bits per heavy atom. The second-order valence-corrected chi connectivity index (χ2v) is 7.56. The zero-order chi connectivity index (χ0) is 18.5. The molecule has 0 aromatic heterocycles. The predicted molar refractivity (Wildman–Crippen MR) is 101 cm³/mol. The fourth-order valence-electron chi connectivity index (χ4n) is 3.28. The van der Waals surface area contributed by atoms with Gasteiger partial charge in [0.25, 0.3) is 5.91 Å². The lowest BCUT2D eigenvalue weighted by molar-refractivity contribution is -0.131. The standard InChI is InChI=1S/C18H25N3O4S/c1-24-15-4-3-13(8-16(15)25-2)17(22)20-10-12-7-14(19-9-12)18(23)21-5-6-26-11-21/h3-4,8,12,14,19H,5-7,9-11H2,1-2H3,(H,20,22)/t12-,14-/m0/s1. The summed E-state index contributed by atoms with van der Waals surface area (Å²) >= 11 is 1.79. The Morgan fingerprint density at radius 2 is 2.12 bits per heavy atom. The number of hydrogen-bond acceptors (Lipinski definition) is 6. The van der Waals surface area contributed by atoms with E-state index in [-0.39, 0.29) is 23.8 Å². The first-order chi connectivity index (χ1) is 12.6. The molecule has 2 saturated heterocycles. The highest BCUT2D eigenvalue weighted by atomic mass is 32.2. The molecule has 0 bridgehead atoms. The van der Waals surface area contributed by atoms with Gasteiger partial charge in [-0.25, -0.2) is 0 Å². The first-order valence-electron chi connectivity index (χ1n) is 8.72. The van der Waals surface area contributed by atoms with Crippen molar-refractivity contribution >= 4 is 23.6 Å². The lowest BCUT2D eigenvalue weighted by Crippen LogP contribution is -2.42. The van der Waals surface area contributed by atoms with Gasteiger partial charge < -0.3 is 25.0 Å². The van der Waals surface area contributed by atoms with Gasteiger partial charge in [0, 0.05) is 31.0 Å². The summed E-state index contributed by atoms with van der Waals surface area (Å²) < 4.78 is 10.4. The summed E-state index contributed by atoms with van der Waals surface area (Å²) in [7, 11) is 3.10.